The molecule has 110 valence electrons. The molecule has 0 amide bonds. The Morgan fingerprint density at radius 2 is 2.05 bits per heavy atom. The summed E-state index contributed by atoms with van der Waals surface area (Å²) in [6.07, 6.45) is 5.12. The van der Waals surface area contributed by atoms with Crippen molar-refractivity contribution < 1.29 is 9.47 Å². The average Bonchev–Trinajstić information content (AvgIpc) is 2.44. The Labute approximate surface area is 118 Å². The highest BCUT2D eigenvalue weighted by molar-refractivity contribution is 5.00. The van der Waals surface area contributed by atoms with E-state index in [1.807, 2.05) is 6.92 Å². The first-order chi connectivity index (χ1) is 9.29. The Balaban J connectivity index is 2.71. The van der Waals surface area contributed by atoms with Gasteiger partial charge in [0.1, 0.15) is 0 Å². The Bertz CT molecular complexity index is 281. The monoisotopic (exact) mass is 267 g/mol. The number of hydrogen-bond donors (Lipinski definition) is 1. The van der Waals surface area contributed by atoms with Gasteiger partial charge in [0.25, 0.3) is 0 Å². The second-order valence-electron chi connectivity index (χ2n) is 5.08. The fourth-order valence-electron chi connectivity index (χ4n) is 2.81. The maximum Gasteiger partial charge on any atom is 0.0878 e. The fourth-order valence-corrected chi connectivity index (χ4v) is 2.81. The molecule has 19 heavy (non-hydrogen) atoms. The highest BCUT2D eigenvalue weighted by Gasteiger charge is 2.40. The second-order valence-corrected chi connectivity index (χ2v) is 5.08. The first-order valence-electron chi connectivity index (χ1n) is 7.63. The van der Waals surface area contributed by atoms with Crippen molar-refractivity contribution in [3.63, 3.8) is 0 Å². The maximum absolute atomic E-state index is 6.17. The van der Waals surface area contributed by atoms with Crippen LogP contribution < -0.4 is 5.32 Å². The molecule has 0 aromatic carbocycles. The molecule has 3 nitrogen and oxygen atoms in total. The minimum Gasteiger partial charge on any atom is -0.381 e. The van der Waals surface area contributed by atoms with Crippen LogP contribution in [0.1, 0.15) is 52.9 Å². The summed E-state index contributed by atoms with van der Waals surface area (Å²) in [5, 5.41) is 3.68. The molecule has 1 rings (SSSR count). The molecule has 0 aromatic rings. The van der Waals surface area contributed by atoms with Gasteiger partial charge in [-0.1, -0.05) is 6.92 Å². The molecule has 0 saturated carbocycles. The lowest BCUT2D eigenvalue weighted by Gasteiger charge is -2.43. The molecule has 1 N–H and O–H groups in total. The summed E-state index contributed by atoms with van der Waals surface area (Å²) in [6.45, 7) is 9.62. The van der Waals surface area contributed by atoms with Gasteiger partial charge in [-0.2, -0.15) is 0 Å². The third-order valence-corrected chi connectivity index (χ3v) is 3.78. The van der Waals surface area contributed by atoms with Crippen LogP contribution in [-0.4, -0.2) is 38.0 Å². The van der Waals surface area contributed by atoms with Crippen LogP contribution in [0.4, 0.5) is 0 Å². The minimum atomic E-state index is -0.0579. The van der Waals surface area contributed by atoms with E-state index >= 15 is 0 Å². The summed E-state index contributed by atoms with van der Waals surface area (Å²) in [4.78, 5) is 0. The van der Waals surface area contributed by atoms with Gasteiger partial charge in [-0.05, 0) is 33.2 Å². The zero-order valence-electron chi connectivity index (χ0n) is 12.8. The van der Waals surface area contributed by atoms with E-state index in [1.54, 1.807) is 0 Å². The summed E-state index contributed by atoms with van der Waals surface area (Å²) >= 11 is 0. The SMILES string of the molecule is CC#CCCC(NCCC)C1(OCC)CCOCC1. The van der Waals surface area contributed by atoms with Crippen molar-refractivity contribution in [3.8, 4) is 11.8 Å². The Morgan fingerprint density at radius 1 is 1.32 bits per heavy atom. The summed E-state index contributed by atoms with van der Waals surface area (Å²) in [7, 11) is 0. The normalized spacial score (nSPS) is 19.5. The highest BCUT2D eigenvalue weighted by Crippen LogP contribution is 2.31. The smallest absolute Gasteiger partial charge is 0.0878 e. The van der Waals surface area contributed by atoms with Crippen LogP contribution >= 0.6 is 0 Å². The summed E-state index contributed by atoms with van der Waals surface area (Å²) in [5.74, 6) is 6.16. The maximum atomic E-state index is 6.17. The van der Waals surface area contributed by atoms with Gasteiger partial charge in [0.15, 0.2) is 0 Å². The molecule has 1 aliphatic rings. The molecule has 3 heteroatoms. The van der Waals surface area contributed by atoms with Crippen molar-refractivity contribution in [3.05, 3.63) is 0 Å². The van der Waals surface area contributed by atoms with E-state index in [0.717, 1.165) is 58.5 Å². The van der Waals surface area contributed by atoms with E-state index in [4.69, 9.17) is 9.47 Å². The van der Waals surface area contributed by atoms with Gasteiger partial charge in [0, 0.05) is 45.1 Å². The second kappa shape index (κ2) is 9.36. The zero-order valence-corrected chi connectivity index (χ0v) is 12.8. The van der Waals surface area contributed by atoms with E-state index in [9.17, 15) is 0 Å². The van der Waals surface area contributed by atoms with Crippen LogP contribution in [0.5, 0.6) is 0 Å². The molecule has 1 saturated heterocycles. The van der Waals surface area contributed by atoms with Crippen LogP contribution in [0.2, 0.25) is 0 Å². The summed E-state index contributed by atoms with van der Waals surface area (Å²) < 4.78 is 11.7. The van der Waals surface area contributed by atoms with Crippen LogP contribution in [0.25, 0.3) is 0 Å². The van der Waals surface area contributed by atoms with Crippen molar-refractivity contribution in [2.24, 2.45) is 0 Å². The minimum absolute atomic E-state index is 0.0579. The third-order valence-electron chi connectivity index (χ3n) is 3.78. The van der Waals surface area contributed by atoms with Crippen molar-refractivity contribution in [1.82, 2.24) is 5.32 Å². The molecule has 0 spiro atoms. The number of rotatable bonds is 8. The van der Waals surface area contributed by atoms with E-state index < -0.39 is 0 Å². The quantitative estimate of drug-likeness (QED) is 0.686. The predicted octanol–water partition coefficient (Wildman–Crippen LogP) is 2.74. The van der Waals surface area contributed by atoms with Gasteiger partial charge < -0.3 is 14.8 Å². The lowest BCUT2D eigenvalue weighted by atomic mass is 9.83. The molecule has 0 radical (unpaired) electrons. The van der Waals surface area contributed by atoms with Gasteiger partial charge >= 0.3 is 0 Å². The van der Waals surface area contributed by atoms with Crippen molar-refractivity contribution in [2.75, 3.05) is 26.4 Å². The zero-order chi connectivity index (χ0) is 14.0. The third kappa shape index (κ3) is 5.14. The van der Waals surface area contributed by atoms with Crippen molar-refractivity contribution in [1.29, 1.82) is 0 Å². The van der Waals surface area contributed by atoms with Crippen LogP contribution in [0.15, 0.2) is 0 Å². The molecule has 1 fully saturated rings. The van der Waals surface area contributed by atoms with Gasteiger partial charge in [-0.15, -0.1) is 11.8 Å². The van der Waals surface area contributed by atoms with Crippen LogP contribution in [0, 0.1) is 11.8 Å². The molecule has 1 heterocycles. The standard InChI is InChI=1S/C16H29NO2/c1-4-7-8-9-15(17-12-5-2)16(19-6-3)10-13-18-14-11-16/h15,17H,5-6,8-14H2,1-3H3. The van der Waals surface area contributed by atoms with Gasteiger partial charge in [-0.25, -0.2) is 0 Å². The molecule has 0 bridgehead atoms. The first-order valence-corrected chi connectivity index (χ1v) is 7.63. The Morgan fingerprint density at radius 3 is 2.63 bits per heavy atom. The van der Waals surface area contributed by atoms with Gasteiger partial charge in [-0.3, -0.25) is 0 Å². The number of ether oxygens (including phenoxy) is 2. The summed E-state index contributed by atoms with van der Waals surface area (Å²) in [5.41, 5.74) is -0.0579. The van der Waals surface area contributed by atoms with Crippen molar-refractivity contribution in [2.45, 2.75) is 64.5 Å². The lowest BCUT2D eigenvalue weighted by Crippen LogP contribution is -2.55. The van der Waals surface area contributed by atoms with E-state index in [1.165, 1.54) is 0 Å². The molecule has 0 aromatic heterocycles. The molecule has 0 aliphatic carbocycles. The van der Waals surface area contributed by atoms with Gasteiger partial charge in [0.2, 0.25) is 0 Å². The van der Waals surface area contributed by atoms with E-state index in [0.29, 0.717) is 6.04 Å². The average molecular weight is 267 g/mol. The number of nitrogens with one attached hydrogen (secondary N) is 1. The first kappa shape index (κ1) is 16.5. The van der Waals surface area contributed by atoms with Crippen LogP contribution in [0.3, 0.4) is 0 Å². The fraction of sp³-hybridized carbons (Fsp3) is 0.875. The highest BCUT2D eigenvalue weighted by atomic mass is 16.5. The van der Waals surface area contributed by atoms with E-state index in [2.05, 4.69) is 31.0 Å². The predicted molar refractivity (Wildman–Crippen MR) is 79.2 cm³/mol. The van der Waals surface area contributed by atoms with E-state index in [-0.39, 0.29) is 5.60 Å². The van der Waals surface area contributed by atoms with Crippen LogP contribution in [-0.2, 0) is 9.47 Å². The topological polar surface area (TPSA) is 30.5 Å². The number of hydrogen-bond acceptors (Lipinski definition) is 3. The van der Waals surface area contributed by atoms with Gasteiger partial charge in [0.05, 0.1) is 5.60 Å². The molecule has 1 unspecified atom stereocenters. The molecule has 1 atom stereocenters. The van der Waals surface area contributed by atoms with Crippen molar-refractivity contribution >= 4 is 0 Å². The Hall–Kier alpha value is -0.560. The lowest BCUT2D eigenvalue weighted by molar-refractivity contribution is -0.127. The molecular weight excluding hydrogens is 238 g/mol. The Kier molecular flexibility index (Phi) is 8.13. The molecular formula is C16H29NO2. The summed E-state index contributed by atoms with van der Waals surface area (Å²) in [6, 6.07) is 0.386. The molecule has 1 aliphatic heterocycles. The largest absolute Gasteiger partial charge is 0.381 e.